The lowest BCUT2D eigenvalue weighted by molar-refractivity contribution is -0.126. The largest absolute Gasteiger partial charge is 0.459 e. The van der Waals surface area contributed by atoms with Gasteiger partial charge in [-0.3, -0.25) is 14.4 Å². The number of imide groups is 1. The maximum Gasteiger partial charge on any atom is 0.266 e. The molecule has 2 fully saturated rings. The molecule has 4 aromatic rings. The number of carbonyl (C=O) groups is 2. The van der Waals surface area contributed by atoms with Crippen molar-refractivity contribution < 1.29 is 18.8 Å². The average molecular weight is 631 g/mol. The highest BCUT2D eigenvalue weighted by molar-refractivity contribution is 14.1. The molecule has 0 aliphatic carbocycles. The van der Waals surface area contributed by atoms with Gasteiger partial charge in [-0.1, -0.05) is 53.5 Å². The number of hydrogen-bond acceptors (Lipinski definition) is 5. The van der Waals surface area contributed by atoms with Crippen LogP contribution in [0.15, 0.2) is 89.3 Å². The second-order valence-electron chi connectivity index (χ2n) is 8.45. The van der Waals surface area contributed by atoms with Crippen molar-refractivity contribution in [3.05, 3.63) is 104 Å². The van der Waals surface area contributed by atoms with E-state index in [-0.39, 0.29) is 5.91 Å². The van der Waals surface area contributed by atoms with Crippen LogP contribution in [-0.4, -0.2) is 17.9 Å². The molecule has 3 atom stereocenters. The highest BCUT2D eigenvalue weighted by atomic mass is 127. The van der Waals surface area contributed by atoms with Crippen LogP contribution in [-0.2, 0) is 14.4 Å². The minimum absolute atomic E-state index is 0.333. The molecule has 9 heteroatoms. The van der Waals surface area contributed by atoms with Crippen LogP contribution in [0.1, 0.15) is 11.8 Å². The van der Waals surface area contributed by atoms with E-state index in [9.17, 15) is 9.59 Å². The lowest BCUT2D eigenvalue weighted by Crippen LogP contribution is -2.37. The molecule has 1 aromatic heterocycles. The quantitative estimate of drug-likeness (QED) is 0.181. The summed E-state index contributed by atoms with van der Waals surface area (Å²) in [5, 5.41) is 2.56. The first kappa shape index (κ1) is 23.5. The molecular weight excluding hydrogens is 614 g/mol. The summed E-state index contributed by atoms with van der Waals surface area (Å²) < 4.78 is 7.05. The first-order chi connectivity index (χ1) is 17.4. The topological polar surface area (TPSA) is 63.0 Å². The van der Waals surface area contributed by atoms with E-state index in [1.807, 2.05) is 42.5 Å². The van der Waals surface area contributed by atoms with E-state index in [4.69, 9.17) is 32.5 Å². The smallest absolute Gasteiger partial charge is 0.266 e. The fraction of sp³-hybridized carbons (Fsp3) is 0.111. The predicted molar refractivity (Wildman–Crippen MR) is 146 cm³/mol. The Morgan fingerprint density at radius 2 is 1.58 bits per heavy atom. The number of rotatable bonds is 4. The lowest BCUT2D eigenvalue weighted by Gasteiger charge is -2.27. The van der Waals surface area contributed by atoms with Gasteiger partial charge in [0, 0.05) is 14.2 Å². The molecule has 0 unspecified atom stereocenters. The van der Waals surface area contributed by atoms with Crippen molar-refractivity contribution in [2.75, 3.05) is 9.96 Å². The number of benzene rings is 3. The number of fused-ring (bicyclic) bond motifs is 1. The lowest BCUT2D eigenvalue weighted by atomic mass is 9.94. The molecular formula is C27H17Cl2IN2O4. The predicted octanol–water partition coefficient (Wildman–Crippen LogP) is 6.91. The van der Waals surface area contributed by atoms with Crippen molar-refractivity contribution in [3.63, 3.8) is 0 Å². The standard InChI is InChI=1S/C27H17Cl2IN2O4/c28-15-10-11-17(18(29)14-15)21-12-13-22(35-21)24-23-25(36-32(24)16-6-2-1-3-7-16)27(34)31(26(23)33)20-9-5-4-8-19(20)30/h1-14,23-25H/t23-,24+,25-/m1/s1. The minimum Gasteiger partial charge on any atom is -0.459 e. The second-order valence-corrected chi connectivity index (χ2v) is 10.5. The molecule has 2 amide bonds. The molecule has 2 aliphatic rings. The number of furan rings is 1. The monoisotopic (exact) mass is 630 g/mol. The van der Waals surface area contributed by atoms with E-state index in [1.165, 1.54) is 4.90 Å². The van der Waals surface area contributed by atoms with Crippen LogP contribution in [0.2, 0.25) is 10.0 Å². The maximum absolute atomic E-state index is 13.8. The zero-order valence-electron chi connectivity index (χ0n) is 18.5. The molecule has 180 valence electrons. The molecule has 0 radical (unpaired) electrons. The first-order valence-corrected chi connectivity index (χ1v) is 13.0. The third-order valence-corrected chi connectivity index (χ3v) is 7.79. The van der Waals surface area contributed by atoms with Gasteiger partial charge in [0.1, 0.15) is 23.5 Å². The van der Waals surface area contributed by atoms with Gasteiger partial charge in [-0.15, -0.1) is 0 Å². The second kappa shape index (κ2) is 9.23. The SMILES string of the molecule is O=C1[C@H]2[C@@H](ON(c3ccccc3)[C@H]2c2ccc(-c3ccc(Cl)cc3Cl)o2)C(=O)N1c1ccccc1I. The maximum atomic E-state index is 13.8. The van der Waals surface area contributed by atoms with Crippen LogP contribution in [0.5, 0.6) is 0 Å². The van der Waals surface area contributed by atoms with Gasteiger partial charge in [-0.2, -0.15) is 0 Å². The van der Waals surface area contributed by atoms with Gasteiger partial charge in [0.25, 0.3) is 5.91 Å². The Morgan fingerprint density at radius 3 is 2.33 bits per heavy atom. The normalized spacial score (nSPS) is 21.4. The molecule has 6 rings (SSSR count). The van der Waals surface area contributed by atoms with Gasteiger partial charge in [0.05, 0.1) is 16.4 Å². The Balaban J connectivity index is 1.44. The molecule has 0 spiro atoms. The molecule has 3 aromatic carbocycles. The molecule has 3 heterocycles. The van der Waals surface area contributed by atoms with Gasteiger partial charge in [-0.25, -0.2) is 9.96 Å². The third-order valence-electron chi connectivity index (χ3n) is 6.33. The molecule has 0 N–H and O–H groups in total. The summed E-state index contributed by atoms with van der Waals surface area (Å²) >= 11 is 14.6. The highest BCUT2D eigenvalue weighted by Gasteiger charge is 2.61. The molecule has 2 aliphatic heterocycles. The van der Waals surface area contributed by atoms with Gasteiger partial charge in [0.2, 0.25) is 5.91 Å². The number of hydrogen-bond donors (Lipinski definition) is 0. The number of para-hydroxylation sites is 2. The van der Waals surface area contributed by atoms with Crippen molar-refractivity contribution in [1.82, 2.24) is 0 Å². The Labute approximate surface area is 230 Å². The van der Waals surface area contributed by atoms with Crippen LogP contribution < -0.4 is 9.96 Å². The van der Waals surface area contributed by atoms with Gasteiger partial charge >= 0.3 is 0 Å². The summed E-state index contributed by atoms with van der Waals surface area (Å²) in [5.41, 5.74) is 1.92. The van der Waals surface area contributed by atoms with Crippen molar-refractivity contribution in [3.8, 4) is 11.3 Å². The Hall–Kier alpha value is -2.85. The number of carbonyl (C=O) groups excluding carboxylic acids is 2. The van der Waals surface area contributed by atoms with E-state index in [1.54, 1.807) is 47.5 Å². The summed E-state index contributed by atoms with van der Waals surface area (Å²) in [5.74, 6) is -0.522. The number of nitrogens with zero attached hydrogens (tertiary/aromatic N) is 2. The molecule has 36 heavy (non-hydrogen) atoms. The summed E-state index contributed by atoms with van der Waals surface area (Å²) in [7, 11) is 0. The summed E-state index contributed by atoms with van der Waals surface area (Å²) in [6.45, 7) is 0. The third kappa shape index (κ3) is 3.82. The van der Waals surface area contributed by atoms with Crippen molar-refractivity contribution in [2.24, 2.45) is 5.92 Å². The van der Waals surface area contributed by atoms with Gasteiger partial charge in [0.15, 0.2) is 6.10 Å². The number of amides is 2. The van der Waals surface area contributed by atoms with Gasteiger partial charge in [-0.05, 0) is 77.2 Å². The van der Waals surface area contributed by atoms with E-state index in [2.05, 4.69) is 22.6 Å². The molecule has 2 saturated heterocycles. The number of hydroxylamine groups is 1. The zero-order valence-corrected chi connectivity index (χ0v) is 22.1. The summed E-state index contributed by atoms with van der Waals surface area (Å²) in [6.07, 6.45) is -0.980. The van der Waals surface area contributed by atoms with E-state index < -0.39 is 24.0 Å². The molecule has 0 saturated carbocycles. The Kier molecular flexibility index (Phi) is 6.03. The minimum atomic E-state index is -0.980. The number of anilines is 2. The first-order valence-electron chi connectivity index (χ1n) is 11.1. The summed E-state index contributed by atoms with van der Waals surface area (Å²) in [6, 6.07) is 24.7. The number of halogens is 3. The van der Waals surface area contributed by atoms with Gasteiger partial charge < -0.3 is 4.42 Å². The van der Waals surface area contributed by atoms with Crippen LogP contribution in [0.25, 0.3) is 11.3 Å². The average Bonchev–Trinajstić information content (AvgIpc) is 3.56. The Morgan fingerprint density at radius 1 is 0.833 bits per heavy atom. The molecule has 0 bridgehead atoms. The van der Waals surface area contributed by atoms with Crippen molar-refractivity contribution in [1.29, 1.82) is 0 Å². The fourth-order valence-corrected chi connectivity index (χ4v) is 5.85. The van der Waals surface area contributed by atoms with Crippen LogP contribution in [0.3, 0.4) is 0 Å². The van der Waals surface area contributed by atoms with Crippen LogP contribution in [0, 0.1) is 9.49 Å². The highest BCUT2D eigenvalue weighted by Crippen LogP contribution is 2.49. The van der Waals surface area contributed by atoms with Crippen molar-refractivity contribution in [2.45, 2.75) is 12.1 Å². The Bertz CT molecular complexity index is 1490. The van der Waals surface area contributed by atoms with E-state index in [0.29, 0.717) is 38.5 Å². The molecule has 6 nitrogen and oxygen atoms in total. The van der Waals surface area contributed by atoms with Crippen LogP contribution in [0.4, 0.5) is 11.4 Å². The van der Waals surface area contributed by atoms with Crippen LogP contribution >= 0.6 is 45.8 Å². The fourth-order valence-electron chi connectivity index (χ4n) is 4.72. The summed E-state index contributed by atoms with van der Waals surface area (Å²) in [4.78, 5) is 34.7. The zero-order chi connectivity index (χ0) is 25.0. The van der Waals surface area contributed by atoms with E-state index >= 15 is 0 Å². The van der Waals surface area contributed by atoms with E-state index in [0.717, 1.165) is 3.57 Å². The van der Waals surface area contributed by atoms with Crippen molar-refractivity contribution >= 4 is 69.0 Å².